The average molecular weight is 221 g/mol. The van der Waals surface area contributed by atoms with Crippen LogP contribution in [0.3, 0.4) is 0 Å². The molecule has 2 unspecified atom stereocenters. The van der Waals surface area contributed by atoms with Crippen LogP contribution in [-0.4, -0.2) is 13.2 Å². The maximum Gasteiger partial charge on any atom is 0.0543 e. The quantitative estimate of drug-likeness (QED) is 0.829. The van der Waals surface area contributed by atoms with E-state index in [1.165, 1.54) is 16.7 Å². The van der Waals surface area contributed by atoms with E-state index in [0.29, 0.717) is 0 Å². The molecule has 2 atom stereocenters. The van der Waals surface area contributed by atoms with Crippen molar-refractivity contribution < 1.29 is 4.74 Å². The molecule has 90 valence electrons. The van der Waals surface area contributed by atoms with E-state index in [2.05, 4.69) is 39.0 Å². The number of hydrogen-bond donors (Lipinski definition) is 1. The van der Waals surface area contributed by atoms with Crippen molar-refractivity contribution in [3.63, 3.8) is 0 Å². The molecule has 0 aliphatic heterocycles. The van der Waals surface area contributed by atoms with Crippen LogP contribution in [0.25, 0.3) is 0 Å². The molecular weight excluding hydrogens is 198 g/mol. The summed E-state index contributed by atoms with van der Waals surface area (Å²) in [5.41, 5.74) is 10.0. The zero-order valence-electron chi connectivity index (χ0n) is 10.8. The smallest absolute Gasteiger partial charge is 0.0543 e. The summed E-state index contributed by atoms with van der Waals surface area (Å²) >= 11 is 0. The van der Waals surface area contributed by atoms with E-state index in [4.69, 9.17) is 10.5 Å². The molecule has 0 bridgehead atoms. The average Bonchev–Trinajstić information content (AvgIpc) is 2.29. The number of hydrogen-bond acceptors (Lipinski definition) is 2. The van der Waals surface area contributed by atoms with Crippen LogP contribution in [0, 0.1) is 13.8 Å². The molecule has 2 nitrogen and oxygen atoms in total. The maximum absolute atomic E-state index is 6.16. The van der Waals surface area contributed by atoms with Crippen molar-refractivity contribution >= 4 is 0 Å². The lowest BCUT2D eigenvalue weighted by Gasteiger charge is -2.16. The van der Waals surface area contributed by atoms with Gasteiger partial charge in [0.2, 0.25) is 0 Å². The highest BCUT2D eigenvalue weighted by Crippen LogP contribution is 2.20. The van der Waals surface area contributed by atoms with E-state index in [-0.39, 0.29) is 12.1 Å². The van der Waals surface area contributed by atoms with Crippen LogP contribution in [0.15, 0.2) is 18.2 Å². The number of ether oxygens (including phenoxy) is 1. The molecule has 0 radical (unpaired) electrons. The minimum atomic E-state index is 0.122. The second-order valence-corrected chi connectivity index (χ2v) is 4.57. The summed E-state index contributed by atoms with van der Waals surface area (Å²) in [6.07, 6.45) is 2.26. The number of methoxy groups -OCH3 is 1. The third-order valence-corrected chi connectivity index (χ3v) is 3.25. The lowest BCUT2D eigenvalue weighted by molar-refractivity contribution is 0.107. The highest BCUT2D eigenvalue weighted by atomic mass is 16.5. The van der Waals surface area contributed by atoms with Crippen LogP contribution >= 0.6 is 0 Å². The number of aryl methyl sites for hydroxylation is 2. The van der Waals surface area contributed by atoms with E-state index < -0.39 is 0 Å². The largest absolute Gasteiger partial charge is 0.382 e. The van der Waals surface area contributed by atoms with Gasteiger partial charge < -0.3 is 10.5 Å². The van der Waals surface area contributed by atoms with Crippen LogP contribution in [0.2, 0.25) is 0 Å². The van der Waals surface area contributed by atoms with Gasteiger partial charge in [0.25, 0.3) is 0 Å². The van der Waals surface area contributed by atoms with Crippen molar-refractivity contribution in [1.82, 2.24) is 0 Å². The van der Waals surface area contributed by atoms with Crippen molar-refractivity contribution in [1.29, 1.82) is 0 Å². The molecule has 0 saturated heterocycles. The Kier molecular flexibility index (Phi) is 4.97. The lowest BCUT2D eigenvalue weighted by atomic mass is 9.98. The summed E-state index contributed by atoms with van der Waals surface area (Å²) in [5, 5.41) is 0. The molecular formula is C14H23NO. The van der Waals surface area contributed by atoms with Crippen LogP contribution in [0.4, 0.5) is 0 Å². The first-order valence-corrected chi connectivity index (χ1v) is 5.90. The molecule has 0 aliphatic rings. The predicted octanol–water partition coefficient (Wildman–Crippen LogP) is 3.12. The Bertz CT molecular complexity index is 336. The standard InChI is InChI=1S/C14H23NO/c1-10-5-7-13(9-11(10)2)14(15)8-6-12(3)16-4/h5,7,9,12,14H,6,8,15H2,1-4H3. The van der Waals surface area contributed by atoms with E-state index in [1.807, 2.05) is 0 Å². The molecule has 0 saturated carbocycles. The van der Waals surface area contributed by atoms with E-state index in [9.17, 15) is 0 Å². The molecule has 1 aromatic rings. The molecule has 0 amide bonds. The van der Waals surface area contributed by atoms with Gasteiger partial charge in [-0.2, -0.15) is 0 Å². The molecule has 0 aromatic heterocycles. The Morgan fingerprint density at radius 1 is 1.19 bits per heavy atom. The van der Waals surface area contributed by atoms with Gasteiger partial charge in [-0.3, -0.25) is 0 Å². The van der Waals surface area contributed by atoms with Gasteiger partial charge in [0.05, 0.1) is 6.10 Å². The van der Waals surface area contributed by atoms with Gasteiger partial charge in [0, 0.05) is 13.2 Å². The highest BCUT2D eigenvalue weighted by molar-refractivity contribution is 5.31. The number of nitrogens with two attached hydrogens (primary N) is 1. The Morgan fingerprint density at radius 2 is 1.88 bits per heavy atom. The van der Waals surface area contributed by atoms with E-state index >= 15 is 0 Å². The van der Waals surface area contributed by atoms with Gasteiger partial charge in [-0.05, 0) is 50.3 Å². The van der Waals surface area contributed by atoms with Gasteiger partial charge >= 0.3 is 0 Å². The third kappa shape index (κ3) is 3.62. The first-order valence-electron chi connectivity index (χ1n) is 5.90. The second kappa shape index (κ2) is 6.02. The fourth-order valence-electron chi connectivity index (χ4n) is 1.69. The van der Waals surface area contributed by atoms with E-state index in [0.717, 1.165) is 12.8 Å². The summed E-state index contributed by atoms with van der Waals surface area (Å²) in [6.45, 7) is 6.33. The summed E-state index contributed by atoms with van der Waals surface area (Å²) in [4.78, 5) is 0. The molecule has 1 aromatic carbocycles. The molecule has 2 N–H and O–H groups in total. The Morgan fingerprint density at radius 3 is 2.44 bits per heavy atom. The lowest BCUT2D eigenvalue weighted by Crippen LogP contribution is -2.14. The minimum Gasteiger partial charge on any atom is -0.382 e. The molecule has 0 aliphatic carbocycles. The minimum absolute atomic E-state index is 0.122. The summed E-state index contributed by atoms with van der Waals surface area (Å²) in [5.74, 6) is 0. The van der Waals surface area contributed by atoms with Gasteiger partial charge in [-0.25, -0.2) is 0 Å². The maximum atomic E-state index is 6.16. The van der Waals surface area contributed by atoms with Crippen LogP contribution in [0.1, 0.15) is 42.5 Å². The van der Waals surface area contributed by atoms with Crippen molar-refractivity contribution in [2.75, 3.05) is 7.11 Å². The van der Waals surface area contributed by atoms with E-state index in [1.54, 1.807) is 7.11 Å². The van der Waals surface area contributed by atoms with Crippen LogP contribution < -0.4 is 5.73 Å². The molecule has 0 heterocycles. The monoisotopic (exact) mass is 221 g/mol. The molecule has 0 fully saturated rings. The number of benzene rings is 1. The topological polar surface area (TPSA) is 35.2 Å². The Labute approximate surface area is 98.8 Å². The Balaban J connectivity index is 2.59. The zero-order valence-corrected chi connectivity index (χ0v) is 10.8. The summed E-state index contributed by atoms with van der Waals surface area (Å²) in [7, 11) is 1.74. The summed E-state index contributed by atoms with van der Waals surface area (Å²) in [6, 6.07) is 6.59. The Hall–Kier alpha value is -0.860. The predicted molar refractivity (Wildman–Crippen MR) is 68.5 cm³/mol. The van der Waals surface area contributed by atoms with Gasteiger partial charge in [0.15, 0.2) is 0 Å². The normalized spacial score (nSPS) is 14.8. The summed E-state index contributed by atoms with van der Waals surface area (Å²) < 4.78 is 5.22. The molecule has 1 rings (SSSR count). The SMILES string of the molecule is COC(C)CCC(N)c1ccc(C)c(C)c1. The van der Waals surface area contributed by atoms with Gasteiger partial charge in [0.1, 0.15) is 0 Å². The van der Waals surface area contributed by atoms with Crippen molar-refractivity contribution in [3.05, 3.63) is 34.9 Å². The van der Waals surface area contributed by atoms with Crippen molar-refractivity contribution in [3.8, 4) is 0 Å². The van der Waals surface area contributed by atoms with Crippen molar-refractivity contribution in [2.24, 2.45) is 5.73 Å². The van der Waals surface area contributed by atoms with Crippen LogP contribution in [-0.2, 0) is 4.74 Å². The van der Waals surface area contributed by atoms with Gasteiger partial charge in [-0.1, -0.05) is 18.2 Å². The fraction of sp³-hybridized carbons (Fsp3) is 0.571. The third-order valence-electron chi connectivity index (χ3n) is 3.25. The zero-order chi connectivity index (χ0) is 12.1. The number of rotatable bonds is 5. The highest BCUT2D eigenvalue weighted by Gasteiger charge is 2.09. The molecule has 2 heteroatoms. The van der Waals surface area contributed by atoms with Gasteiger partial charge in [-0.15, -0.1) is 0 Å². The molecule has 16 heavy (non-hydrogen) atoms. The first-order chi connectivity index (χ1) is 7.54. The fourth-order valence-corrected chi connectivity index (χ4v) is 1.69. The van der Waals surface area contributed by atoms with Crippen molar-refractivity contribution in [2.45, 2.75) is 45.8 Å². The molecule has 0 spiro atoms. The second-order valence-electron chi connectivity index (χ2n) is 4.57. The first kappa shape index (κ1) is 13.2. The van der Waals surface area contributed by atoms with Crippen LogP contribution in [0.5, 0.6) is 0 Å².